The molecule has 1 N–H and O–H groups in total. The summed E-state index contributed by atoms with van der Waals surface area (Å²) in [5, 5.41) is 9.22. The zero-order valence-electron chi connectivity index (χ0n) is 13.8. The van der Waals surface area contributed by atoms with Crippen LogP contribution in [0.15, 0.2) is 42.5 Å². The number of aryl methyl sites for hydroxylation is 2. The summed E-state index contributed by atoms with van der Waals surface area (Å²) >= 11 is 0. The highest BCUT2D eigenvalue weighted by Crippen LogP contribution is 2.21. The molecule has 3 aromatic rings. The van der Waals surface area contributed by atoms with E-state index in [2.05, 4.69) is 4.98 Å². The number of carbonyl (C=O) groups is 1. The molecule has 0 aliphatic heterocycles. The molecule has 0 aliphatic carbocycles. The highest BCUT2D eigenvalue weighted by molar-refractivity contribution is 5.80. The Hall–Kier alpha value is -2.82. The van der Waals surface area contributed by atoms with Crippen molar-refractivity contribution >= 4 is 17.0 Å². The number of imidazole rings is 1. The molecule has 0 bridgehead atoms. The molecule has 2 aromatic carbocycles. The van der Waals surface area contributed by atoms with E-state index in [-0.39, 0.29) is 6.54 Å². The molecule has 5 heteroatoms. The minimum Gasteiger partial charge on any atom is -0.493 e. The van der Waals surface area contributed by atoms with Crippen LogP contribution >= 0.6 is 0 Å². The van der Waals surface area contributed by atoms with Gasteiger partial charge in [-0.3, -0.25) is 4.79 Å². The number of rotatable bonds is 6. The van der Waals surface area contributed by atoms with Crippen molar-refractivity contribution in [2.24, 2.45) is 0 Å². The highest BCUT2D eigenvalue weighted by Gasteiger charge is 2.14. The molecular weight excluding hydrogens is 304 g/mol. The molecule has 1 aromatic heterocycles. The molecule has 0 amide bonds. The number of hydrogen-bond donors (Lipinski definition) is 1. The van der Waals surface area contributed by atoms with Crippen LogP contribution in [-0.2, 0) is 17.8 Å². The van der Waals surface area contributed by atoms with E-state index in [1.807, 2.05) is 56.3 Å². The number of aliphatic carboxylic acids is 1. The monoisotopic (exact) mass is 324 g/mol. The maximum Gasteiger partial charge on any atom is 0.323 e. The lowest BCUT2D eigenvalue weighted by atomic mass is 10.1. The van der Waals surface area contributed by atoms with Crippen molar-refractivity contribution in [2.75, 3.05) is 6.61 Å². The smallest absolute Gasteiger partial charge is 0.323 e. The van der Waals surface area contributed by atoms with Gasteiger partial charge in [0.2, 0.25) is 0 Å². The van der Waals surface area contributed by atoms with Crippen molar-refractivity contribution in [3.8, 4) is 5.75 Å². The van der Waals surface area contributed by atoms with Gasteiger partial charge in [-0.25, -0.2) is 4.98 Å². The van der Waals surface area contributed by atoms with Gasteiger partial charge in [0.1, 0.15) is 18.1 Å². The number of ether oxygens (including phenoxy) is 1. The van der Waals surface area contributed by atoms with Crippen LogP contribution in [0, 0.1) is 13.8 Å². The van der Waals surface area contributed by atoms with Crippen molar-refractivity contribution < 1.29 is 14.6 Å². The number of benzene rings is 2. The Morgan fingerprint density at radius 3 is 2.58 bits per heavy atom. The Balaban J connectivity index is 1.86. The molecule has 0 saturated carbocycles. The largest absolute Gasteiger partial charge is 0.493 e. The summed E-state index contributed by atoms with van der Waals surface area (Å²) in [6.45, 7) is 4.40. The van der Waals surface area contributed by atoms with E-state index in [0.29, 0.717) is 13.0 Å². The minimum atomic E-state index is -0.877. The summed E-state index contributed by atoms with van der Waals surface area (Å²) in [6, 6.07) is 13.6. The molecule has 0 saturated heterocycles. The summed E-state index contributed by atoms with van der Waals surface area (Å²) < 4.78 is 7.47. The van der Waals surface area contributed by atoms with Gasteiger partial charge in [-0.05, 0) is 49.2 Å². The summed E-state index contributed by atoms with van der Waals surface area (Å²) in [4.78, 5) is 15.8. The predicted octanol–water partition coefficient (Wildman–Crippen LogP) is 3.36. The third kappa shape index (κ3) is 3.40. The number of para-hydroxylation sites is 1. The van der Waals surface area contributed by atoms with E-state index in [9.17, 15) is 9.90 Å². The lowest BCUT2D eigenvalue weighted by Crippen LogP contribution is -2.14. The van der Waals surface area contributed by atoms with E-state index in [1.165, 1.54) is 0 Å². The van der Waals surface area contributed by atoms with Gasteiger partial charge in [0.15, 0.2) is 0 Å². The molecule has 0 radical (unpaired) electrons. The number of nitrogens with zero attached hydrogens (tertiary/aromatic N) is 2. The van der Waals surface area contributed by atoms with Crippen LogP contribution in [0.4, 0.5) is 0 Å². The molecule has 1 heterocycles. The third-order valence-corrected chi connectivity index (χ3v) is 4.07. The van der Waals surface area contributed by atoms with Gasteiger partial charge in [-0.2, -0.15) is 0 Å². The standard InChI is InChI=1S/C19H20N2O3/c1-13-10-16-17(11-14(13)2)21(12-19(22)23)18(20-16)8-9-24-15-6-4-3-5-7-15/h3-7,10-11H,8-9,12H2,1-2H3,(H,22,23). The average Bonchev–Trinajstić information content (AvgIpc) is 2.85. The van der Waals surface area contributed by atoms with Crippen molar-refractivity contribution in [1.82, 2.24) is 9.55 Å². The highest BCUT2D eigenvalue weighted by atomic mass is 16.5. The Bertz CT molecular complexity index is 869. The predicted molar refractivity (Wildman–Crippen MR) is 92.5 cm³/mol. The lowest BCUT2D eigenvalue weighted by Gasteiger charge is -2.08. The Labute approximate surface area is 140 Å². The number of hydrogen-bond acceptors (Lipinski definition) is 3. The van der Waals surface area contributed by atoms with E-state index < -0.39 is 5.97 Å². The number of fused-ring (bicyclic) bond motifs is 1. The van der Waals surface area contributed by atoms with Crippen LogP contribution in [0.25, 0.3) is 11.0 Å². The molecule has 0 fully saturated rings. The lowest BCUT2D eigenvalue weighted by molar-refractivity contribution is -0.137. The van der Waals surface area contributed by atoms with Gasteiger partial charge in [0, 0.05) is 6.42 Å². The van der Waals surface area contributed by atoms with Gasteiger partial charge in [0.25, 0.3) is 0 Å². The van der Waals surface area contributed by atoms with Crippen molar-refractivity contribution in [2.45, 2.75) is 26.8 Å². The quantitative estimate of drug-likeness (QED) is 0.755. The van der Waals surface area contributed by atoms with E-state index in [0.717, 1.165) is 33.7 Å². The topological polar surface area (TPSA) is 64.4 Å². The molecular formula is C19H20N2O3. The Morgan fingerprint density at radius 1 is 1.17 bits per heavy atom. The van der Waals surface area contributed by atoms with Gasteiger partial charge in [0.05, 0.1) is 17.6 Å². The third-order valence-electron chi connectivity index (χ3n) is 4.07. The first-order valence-electron chi connectivity index (χ1n) is 7.90. The van der Waals surface area contributed by atoms with Crippen LogP contribution in [0.3, 0.4) is 0 Å². The second-order valence-corrected chi connectivity index (χ2v) is 5.84. The number of aromatic nitrogens is 2. The van der Waals surface area contributed by atoms with Gasteiger partial charge >= 0.3 is 5.97 Å². The SMILES string of the molecule is Cc1cc2nc(CCOc3ccccc3)n(CC(=O)O)c2cc1C. The summed E-state index contributed by atoms with van der Waals surface area (Å²) in [5.74, 6) is 0.649. The average molecular weight is 324 g/mol. The molecule has 24 heavy (non-hydrogen) atoms. The van der Waals surface area contributed by atoms with Crippen LogP contribution in [0.2, 0.25) is 0 Å². The van der Waals surface area contributed by atoms with E-state index in [4.69, 9.17) is 4.74 Å². The fourth-order valence-electron chi connectivity index (χ4n) is 2.71. The summed E-state index contributed by atoms with van der Waals surface area (Å²) in [7, 11) is 0. The fourth-order valence-corrected chi connectivity index (χ4v) is 2.71. The first kappa shape index (κ1) is 16.1. The van der Waals surface area contributed by atoms with Crippen molar-refractivity contribution in [1.29, 1.82) is 0 Å². The van der Waals surface area contributed by atoms with Crippen LogP contribution in [0.5, 0.6) is 5.75 Å². The molecule has 124 valence electrons. The number of carboxylic acid groups (broad SMARTS) is 1. The molecule has 0 unspecified atom stereocenters. The van der Waals surface area contributed by atoms with E-state index in [1.54, 1.807) is 4.57 Å². The molecule has 5 nitrogen and oxygen atoms in total. The second-order valence-electron chi connectivity index (χ2n) is 5.84. The zero-order valence-corrected chi connectivity index (χ0v) is 13.8. The van der Waals surface area contributed by atoms with Crippen molar-refractivity contribution in [3.05, 3.63) is 59.4 Å². The first-order valence-corrected chi connectivity index (χ1v) is 7.90. The molecule has 0 atom stereocenters. The van der Waals surface area contributed by atoms with Gasteiger partial charge in [-0.1, -0.05) is 18.2 Å². The summed E-state index contributed by atoms with van der Waals surface area (Å²) in [5.41, 5.74) is 3.96. The molecule has 3 rings (SSSR count). The maximum atomic E-state index is 11.2. The van der Waals surface area contributed by atoms with Crippen LogP contribution < -0.4 is 4.74 Å². The Morgan fingerprint density at radius 2 is 1.88 bits per heavy atom. The normalized spacial score (nSPS) is 10.9. The minimum absolute atomic E-state index is 0.0975. The van der Waals surface area contributed by atoms with Gasteiger partial charge < -0.3 is 14.4 Å². The van der Waals surface area contributed by atoms with E-state index >= 15 is 0 Å². The molecule has 0 spiro atoms. The zero-order chi connectivity index (χ0) is 17.1. The first-order chi connectivity index (χ1) is 11.5. The van der Waals surface area contributed by atoms with Crippen LogP contribution in [-0.4, -0.2) is 27.2 Å². The summed E-state index contributed by atoms with van der Waals surface area (Å²) in [6.07, 6.45) is 0.551. The fraction of sp³-hybridized carbons (Fsp3) is 0.263. The second kappa shape index (κ2) is 6.74. The number of carboxylic acids is 1. The van der Waals surface area contributed by atoms with Crippen LogP contribution in [0.1, 0.15) is 17.0 Å². The maximum absolute atomic E-state index is 11.2. The van der Waals surface area contributed by atoms with Crippen molar-refractivity contribution in [3.63, 3.8) is 0 Å². The van der Waals surface area contributed by atoms with Gasteiger partial charge in [-0.15, -0.1) is 0 Å². The molecule has 0 aliphatic rings. The Kier molecular flexibility index (Phi) is 4.51.